The zero-order valence-corrected chi connectivity index (χ0v) is 21.3. The molecule has 3 heterocycles. The fourth-order valence-electron chi connectivity index (χ4n) is 4.66. The molecule has 3 aromatic heterocycles. The number of fused-ring (bicyclic) bond motifs is 1. The molecule has 0 saturated carbocycles. The summed E-state index contributed by atoms with van der Waals surface area (Å²) in [6.45, 7) is 12.0. The van der Waals surface area contributed by atoms with Gasteiger partial charge < -0.3 is 9.55 Å². The molecule has 4 rings (SSSR count). The Morgan fingerprint density at radius 1 is 1.14 bits per heavy atom. The first kappa shape index (κ1) is 24.4. The number of hydrogen-bond acceptors (Lipinski definition) is 4. The molecular formula is C28H33N5O2. The summed E-state index contributed by atoms with van der Waals surface area (Å²) in [5, 5.41) is 2.02. The molecule has 3 N–H and O–H groups in total. The Morgan fingerprint density at radius 3 is 2.51 bits per heavy atom. The van der Waals surface area contributed by atoms with Crippen LogP contribution < -0.4 is 11.4 Å². The normalized spacial score (nSPS) is 11.4. The van der Waals surface area contributed by atoms with Crippen molar-refractivity contribution in [3.05, 3.63) is 86.7 Å². The van der Waals surface area contributed by atoms with Crippen molar-refractivity contribution in [1.29, 1.82) is 0 Å². The summed E-state index contributed by atoms with van der Waals surface area (Å²) < 4.78 is 2.17. The van der Waals surface area contributed by atoms with E-state index >= 15 is 0 Å². The number of benzene rings is 1. The van der Waals surface area contributed by atoms with Gasteiger partial charge in [0.2, 0.25) is 0 Å². The maximum Gasteiger partial charge on any atom is 0.268 e. The van der Waals surface area contributed by atoms with Gasteiger partial charge in [0.25, 0.3) is 11.5 Å². The van der Waals surface area contributed by atoms with E-state index in [0.29, 0.717) is 17.5 Å². The number of H-pyrrole nitrogens is 1. The van der Waals surface area contributed by atoms with E-state index in [2.05, 4.69) is 40.6 Å². The van der Waals surface area contributed by atoms with Gasteiger partial charge in [0, 0.05) is 51.9 Å². The molecule has 4 aromatic rings. The molecule has 0 spiro atoms. The third-order valence-electron chi connectivity index (χ3n) is 6.49. The number of carbonyl (C=O) groups is 1. The number of amides is 1. The Hall–Kier alpha value is -3.71. The number of nitrogens with one attached hydrogen (secondary N) is 1. The van der Waals surface area contributed by atoms with E-state index < -0.39 is 0 Å². The van der Waals surface area contributed by atoms with Crippen molar-refractivity contribution in [3.8, 4) is 11.1 Å². The minimum atomic E-state index is -0.330. The van der Waals surface area contributed by atoms with Crippen LogP contribution in [0.15, 0.2) is 47.5 Å². The van der Waals surface area contributed by atoms with Gasteiger partial charge >= 0.3 is 0 Å². The zero-order valence-electron chi connectivity index (χ0n) is 21.3. The van der Waals surface area contributed by atoms with Crippen LogP contribution in [0.4, 0.5) is 0 Å². The number of aryl methyl sites for hydroxylation is 4. The van der Waals surface area contributed by atoms with Crippen LogP contribution in [0.1, 0.15) is 65.2 Å². The lowest BCUT2D eigenvalue weighted by atomic mass is 9.98. The molecule has 0 fully saturated rings. The predicted molar refractivity (Wildman–Crippen MR) is 140 cm³/mol. The van der Waals surface area contributed by atoms with Crippen molar-refractivity contribution in [2.75, 3.05) is 0 Å². The first-order valence-electron chi connectivity index (χ1n) is 12.0. The Labute approximate surface area is 205 Å². The van der Waals surface area contributed by atoms with Gasteiger partial charge in [-0.3, -0.25) is 19.6 Å². The SMILES string of the molecule is CCc1cc(C)[nH]c(=O)c1CN(N)C(=O)c1cc(-c2ccc(C)nc2)cc2c1c(C)cn2C(C)C. The number of nitrogens with two attached hydrogens (primary N) is 1. The molecule has 182 valence electrons. The fraction of sp³-hybridized carbons (Fsp3) is 0.321. The van der Waals surface area contributed by atoms with Gasteiger partial charge in [0.05, 0.1) is 12.1 Å². The monoisotopic (exact) mass is 471 g/mol. The molecular weight excluding hydrogens is 438 g/mol. The largest absolute Gasteiger partial charge is 0.345 e. The molecule has 0 aliphatic heterocycles. The average molecular weight is 472 g/mol. The van der Waals surface area contributed by atoms with Crippen LogP contribution in [0.3, 0.4) is 0 Å². The lowest BCUT2D eigenvalue weighted by Crippen LogP contribution is -2.39. The van der Waals surface area contributed by atoms with E-state index in [1.54, 1.807) is 0 Å². The minimum absolute atomic E-state index is 0.0271. The van der Waals surface area contributed by atoms with Gasteiger partial charge in [-0.1, -0.05) is 13.0 Å². The number of aromatic amines is 1. The maximum absolute atomic E-state index is 13.8. The lowest BCUT2D eigenvalue weighted by molar-refractivity contribution is 0.0744. The molecule has 0 unspecified atom stereocenters. The Balaban J connectivity index is 1.85. The highest BCUT2D eigenvalue weighted by atomic mass is 16.2. The zero-order chi connectivity index (χ0) is 25.4. The Morgan fingerprint density at radius 2 is 1.89 bits per heavy atom. The van der Waals surface area contributed by atoms with Crippen LogP contribution in [-0.4, -0.2) is 25.5 Å². The van der Waals surface area contributed by atoms with Crippen LogP contribution in [0, 0.1) is 20.8 Å². The molecule has 0 radical (unpaired) electrons. The quantitative estimate of drug-likeness (QED) is 0.236. The highest BCUT2D eigenvalue weighted by Gasteiger charge is 2.23. The average Bonchev–Trinajstić information content (AvgIpc) is 3.16. The molecule has 1 amide bonds. The molecule has 0 atom stereocenters. The van der Waals surface area contributed by atoms with Crippen LogP contribution in [-0.2, 0) is 13.0 Å². The molecule has 1 aromatic carbocycles. The molecule has 0 saturated heterocycles. The number of hydrazine groups is 1. The van der Waals surface area contributed by atoms with Gasteiger partial charge in [-0.25, -0.2) is 5.84 Å². The van der Waals surface area contributed by atoms with E-state index in [1.807, 2.05) is 58.2 Å². The van der Waals surface area contributed by atoms with Crippen LogP contribution in [0.25, 0.3) is 22.0 Å². The number of rotatable bonds is 6. The topological polar surface area (TPSA) is 97.0 Å². The predicted octanol–water partition coefficient (Wildman–Crippen LogP) is 4.98. The second kappa shape index (κ2) is 9.50. The fourth-order valence-corrected chi connectivity index (χ4v) is 4.66. The smallest absolute Gasteiger partial charge is 0.268 e. The van der Waals surface area contributed by atoms with E-state index in [0.717, 1.165) is 49.6 Å². The summed E-state index contributed by atoms with van der Waals surface area (Å²) in [5.74, 6) is 6.01. The minimum Gasteiger partial charge on any atom is -0.345 e. The first-order chi connectivity index (χ1) is 16.6. The molecule has 7 heteroatoms. The van der Waals surface area contributed by atoms with Crippen molar-refractivity contribution in [2.24, 2.45) is 5.84 Å². The van der Waals surface area contributed by atoms with Gasteiger partial charge in [0.15, 0.2) is 0 Å². The van der Waals surface area contributed by atoms with Gasteiger partial charge in [-0.15, -0.1) is 0 Å². The lowest BCUT2D eigenvalue weighted by Gasteiger charge is -2.20. The highest BCUT2D eigenvalue weighted by molar-refractivity contribution is 6.09. The third kappa shape index (κ3) is 4.64. The summed E-state index contributed by atoms with van der Waals surface area (Å²) in [7, 11) is 0. The number of pyridine rings is 2. The molecule has 35 heavy (non-hydrogen) atoms. The Kier molecular flexibility index (Phi) is 6.63. The van der Waals surface area contributed by atoms with Crippen molar-refractivity contribution >= 4 is 16.8 Å². The van der Waals surface area contributed by atoms with Crippen molar-refractivity contribution in [1.82, 2.24) is 19.5 Å². The van der Waals surface area contributed by atoms with Crippen LogP contribution >= 0.6 is 0 Å². The first-order valence-corrected chi connectivity index (χ1v) is 12.0. The number of aromatic nitrogens is 3. The molecule has 0 aliphatic rings. The van der Waals surface area contributed by atoms with Crippen molar-refractivity contribution < 1.29 is 4.79 Å². The molecule has 0 bridgehead atoms. The summed E-state index contributed by atoms with van der Waals surface area (Å²) in [6, 6.07) is 10.1. The molecule has 0 aliphatic carbocycles. The summed E-state index contributed by atoms with van der Waals surface area (Å²) in [5.41, 5.74) is 7.21. The van der Waals surface area contributed by atoms with Crippen LogP contribution in [0.2, 0.25) is 0 Å². The van der Waals surface area contributed by atoms with Crippen molar-refractivity contribution in [3.63, 3.8) is 0 Å². The second-order valence-corrected chi connectivity index (χ2v) is 9.49. The number of hydrogen-bond donors (Lipinski definition) is 2. The number of nitrogens with zero attached hydrogens (tertiary/aromatic N) is 3. The maximum atomic E-state index is 13.8. The highest BCUT2D eigenvalue weighted by Crippen LogP contribution is 2.33. The van der Waals surface area contributed by atoms with E-state index in [1.165, 1.54) is 0 Å². The van der Waals surface area contributed by atoms with E-state index in [9.17, 15) is 9.59 Å². The van der Waals surface area contributed by atoms with Crippen molar-refractivity contribution in [2.45, 2.75) is 60.5 Å². The number of carbonyl (C=O) groups excluding carboxylic acids is 1. The van der Waals surface area contributed by atoms with Crippen LogP contribution in [0.5, 0.6) is 0 Å². The Bertz CT molecular complexity index is 1460. The second-order valence-electron chi connectivity index (χ2n) is 9.49. The van der Waals surface area contributed by atoms with Gasteiger partial charge in [0.1, 0.15) is 0 Å². The standard InChI is InChI=1S/C28H33N5O2/c1-7-20-10-19(6)31-27(34)24(20)15-33(29)28(35)23-11-22(21-9-8-18(5)30-13-21)12-25-26(23)17(4)14-32(25)16(2)3/h8-14,16H,7,15,29H2,1-6H3,(H,31,34). The summed E-state index contributed by atoms with van der Waals surface area (Å²) in [6.07, 6.45) is 4.57. The summed E-state index contributed by atoms with van der Waals surface area (Å²) >= 11 is 0. The molecule has 7 nitrogen and oxygen atoms in total. The third-order valence-corrected chi connectivity index (χ3v) is 6.49. The summed E-state index contributed by atoms with van der Waals surface area (Å²) in [4.78, 5) is 33.7. The van der Waals surface area contributed by atoms with E-state index in [-0.39, 0.29) is 24.1 Å². The van der Waals surface area contributed by atoms with Gasteiger partial charge in [-0.05, 0) is 82.0 Å². The van der Waals surface area contributed by atoms with E-state index in [4.69, 9.17) is 5.84 Å². The van der Waals surface area contributed by atoms with Gasteiger partial charge in [-0.2, -0.15) is 0 Å².